The zero-order valence-corrected chi connectivity index (χ0v) is 11.0. The molecule has 0 aliphatic heterocycles. The third-order valence-electron chi connectivity index (χ3n) is 3.27. The topological polar surface area (TPSA) is 64.4 Å². The summed E-state index contributed by atoms with van der Waals surface area (Å²) in [7, 11) is 1.38. The molecule has 2 aromatic rings. The zero-order chi connectivity index (χ0) is 13.4. The number of aromatic nitrogens is 1. The first-order chi connectivity index (χ1) is 9.17. The molecule has 100 valence electrons. The molecule has 5 nitrogen and oxygen atoms in total. The lowest BCUT2D eigenvalue weighted by Crippen LogP contribution is -2.27. The van der Waals surface area contributed by atoms with Crippen LogP contribution in [0.2, 0.25) is 0 Å². The van der Waals surface area contributed by atoms with Gasteiger partial charge in [-0.3, -0.25) is 0 Å². The Labute approximate surface area is 111 Å². The van der Waals surface area contributed by atoms with Crippen LogP contribution in [0.5, 0.6) is 0 Å². The molecule has 0 spiro atoms. The lowest BCUT2D eigenvalue weighted by atomic mass is 10.2. The molecule has 1 aromatic carbocycles. The van der Waals surface area contributed by atoms with Crippen molar-refractivity contribution >= 4 is 22.8 Å². The van der Waals surface area contributed by atoms with Gasteiger partial charge in [-0.05, 0) is 38.0 Å². The van der Waals surface area contributed by atoms with Gasteiger partial charge in [-0.15, -0.1) is 0 Å². The van der Waals surface area contributed by atoms with Crippen LogP contribution in [0.25, 0.3) is 11.1 Å². The smallest absolute Gasteiger partial charge is 0.327 e. The monoisotopic (exact) mass is 260 g/mol. The number of fused-ring (bicyclic) bond motifs is 1. The summed E-state index contributed by atoms with van der Waals surface area (Å²) in [5.74, 6) is 1.03. The Hall–Kier alpha value is -2.04. The van der Waals surface area contributed by atoms with E-state index in [0.29, 0.717) is 5.92 Å². The highest BCUT2D eigenvalue weighted by molar-refractivity contribution is 5.81. The summed E-state index contributed by atoms with van der Waals surface area (Å²) < 4.78 is 10.4. The van der Waals surface area contributed by atoms with Crippen LogP contribution >= 0.6 is 0 Å². The molecule has 0 bridgehead atoms. The van der Waals surface area contributed by atoms with Crippen molar-refractivity contribution in [2.24, 2.45) is 0 Å². The first-order valence-electron chi connectivity index (χ1n) is 6.42. The van der Waals surface area contributed by atoms with Crippen LogP contribution in [0.15, 0.2) is 22.6 Å². The Morgan fingerprint density at radius 1 is 1.53 bits per heavy atom. The van der Waals surface area contributed by atoms with Gasteiger partial charge in [0.15, 0.2) is 11.5 Å². The molecule has 1 aliphatic carbocycles. The normalized spacial score (nSPS) is 16.3. The maximum atomic E-state index is 11.4. The van der Waals surface area contributed by atoms with Crippen molar-refractivity contribution in [3.8, 4) is 0 Å². The van der Waals surface area contributed by atoms with E-state index in [0.717, 1.165) is 35.5 Å². The maximum absolute atomic E-state index is 11.4. The summed E-state index contributed by atoms with van der Waals surface area (Å²) in [6, 6.07) is 5.26. The van der Waals surface area contributed by atoms with E-state index in [1.165, 1.54) is 7.11 Å². The average molecular weight is 260 g/mol. The van der Waals surface area contributed by atoms with Gasteiger partial charge in [0.25, 0.3) is 0 Å². The van der Waals surface area contributed by atoms with Crippen molar-refractivity contribution in [2.75, 3.05) is 12.4 Å². The molecule has 19 heavy (non-hydrogen) atoms. The van der Waals surface area contributed by atoms with E-state index in [-0.39, 0.29) is 5.97 Å². The highest BCUT2D eigenvalue weighted by atomic mass is 16.5. The summed E-state index contributed by atoms with van der Waals surface area (Å²) in [5.41, 5.74) is 2.45. The van der Waals surface area contributed by atoms with Gasteiger partial charge in [0.1, 0.15) is 11.6 Å². The molecular weight excluding hydrogens is 244 g/mol. The number of rotatable bonds is 4. The van der Waals surface area contributed by atoms with Gasteiger partial charge in [0.2, 0.25) is 0 Å². The number of methoxy groups -OCH3 is 1. The van der Waals surface area contributed by atoms with Crippen molar-refractivity contribution in [1.82, 2.24) is 4.98 Å². The minimum absolute atomic E-state index is 0.293. The Bertz CT molecular complexity index is 616. The second kappa shape index (κ2) is 4.57. The van der Waals surface area contributed by atoms with Gasteiger partial charge in [-0.1, -0.05) is 0 Å². The van der Waals surface area contributed by atoms with E-state index < -0.39 is 6.04 Å². The third-order valence-corrected chi connectivity index (χ3v) is 3.27. The van der Waals surface area contributed by atoms with Gasteiger partial charge < -0.3 is 14.5 Å². The van der Waals surface area contributed by atoms with Crippen molar-refractivity contribution in [1.29, 1.82) is 0 Å². The van der Waals surface area contributed by atoms with E-state index in [1.54, 1.807) is 6.92 Å². The first kappa shape index (κ1) is 12.0. The molecule has 5 heteroatoms. The molecule has 1 aliphatic rings. The quantitative estimate of drug-likeness (QED) is 0.856. The Morgan fingerprint density at radius 2 is 2.32 bits per heavy atom. The van der Waals surface area contributed by atoms with E-state index >= 15 is 0 Å². The largest absolute Gasteiger partial charge is 0.467 e. The minimum Gasteiger partial charge on any atom is -0.467 e. The number of hydrogen-bond donors (Lipinski definition) is 1. The fraction of sp³-hybridized carbons (Fsp3) is 0.429. The Balaban J connectivity index is 1.82. The maximum Gasteiger partial charge on any atom is 0.327 e. The number of carbonyl (C=O) groups excluding carboxylic acids is 1. The van der Waals surface area contributed by atoms with E-state index in [2.05, 4.69) is 15.0 Å². The summed E-state index contributed by atoms with van der Waals surface area (Å²) in [5, 5.41) is 3.08. The van der Waals surface area contributed by atoms with Crippen molar-refractivity contribution in [2.45, 2.75) is 31.7 Å². The molecule has 1 heterocycles. The molecular formula is C14H16N2O3. The Kier molecular flexibility index (Phi) is 2.89. The van der Waals surface area contributed by atoms with Gasteiger partial charge in [0, 0.05) is 11.6 Å². The minimum atomic E-state index is -0.391. The number of nitrogens with one attached hydrogen (secondary N) is 1. The molecule has 1 aromatic heterocycles. The van der Waals surface area contributed by atoms with Crippen LogP contribution in [0.4, 0.5) is 5.69 Å². The number of benzene rings is 1. The summed E-state index contributed by atoms with van der Waals surface area (Å²) >= 11 is 0. The van der Waals surface area contributed by atoms with Crippen LogP contribution < -0.4 is 5.32 Å². The summed E-state index contributed by atoms with van der Waals surface area (Å²) in [4.78, 5) is 15.8. The number of hydrogen-bond acceptors (Lipinski definition) is 5. The summed E-state index contributed by atoms with van der Waals surface area (Å²) in [6.45, 7) is 1.76. The van der Waals surface area contributed by atoms with Crippen LogP contribution in [0, 0.1) is 0 Å². The Morgan fingerprint density at radius 3 is 3.00 bits per heavy atom. The molecule has 1 atom stereocenters. The van der Waals surface area contributed by atoms with Crippen LogP contribution in [-0.2, 0) is 9.53 Å². The molecule has 3 rings (SSSR count). The lowest BCUT2D eigenvalue weighted by molar-refractivity contribution is -0.141. The van der Waals surface area contributed by atoms with Gasteiger partial charge >= 0.3 is 5.97 Å². The molecule has 0 saturated heterocycles. The van der Waals surface area contributed by atoms with Gasteiger partial charge in [-0.25, -0.2) is 9.78 Å². The van der Waals surface area contributed by atoms with Gasteiger partial charge in [0.05, 0.1) is 7.11 Å². The molecule has 1 N–H and O–H groups in total. The predicted octanol–water partition coefficient (Wildman–Crippen LogP) is 2.68. The number of anilines is 1. The van der Waals surface area contributed by atoms with Crippen LogP contribution in [-0.4, -0.2) is 24.1 Å². The zero-order valence-electron chi connectivity index (χ0n) is 11.0. The number of carbonyl (C=O) groups is 1. The number of ether oxygens (including phenoxy) is 1. The van der Waals surface area contributed by atoms with Crippen LogP contribution in [0.1, 0.15) is 31.6 Å². The molecule has 0 amide bonds. The fourth-order valence-corrected chi connectivity index (χ4v) is 2.03. The highest BCUT2D eigenvalue weighted by Gasteiger charge is 2.28. The SMILES string of the molecule is COC(=O)C(C)Nc1ccc2oc(C3CC3)nc2c1. The fourth-order valence-electron chi connectivity index (χ4n) is 2.03. The molecule has 1 saturated carbocycles. The van der Waals surface area contributed by atoms with Gasteiger partial charge in [-0.2, -0.15) is 0 Å². The number of oxazole rings is 1. The molecule has 1 fully saturated rings. The average Bonchev–Trinajstić information content (AvgIpc) is 3.17. The van der Waals surface area contributed by atoms with Crippen molar-refractivity contribution < 1.29 is 13.9 Å². The predicted molar refractivity (Wildman–Crippen MR) is 71.1 cm³/mol. The van der Waals surface area contributed by atoms with Crippen LogP contribution in [0.3, 0.4) is 0 Å². The van der Waals surface area contributed by atoms with Crippen molar-refractivity contribution in [3.63, 3.8) is 0 Å². The number of esters is 1. The molecule has 1 unspecified atom stereocenters. The van der Waals surface area contributed by atoms with E-state index in [4.69, 9.17) is 4.42 Å². The lowest BCUT2D eigenvalue weighted by Gasteiger charge is -2.12. The number of nitrogens with zero attached hydrogens (tertiary/aromatic N) is 1. The van der Waals surface area contributed by atoms with Crippen molar-refractivity contribution in [3.05, 3.63) is 24.1 Å². The molecule has 0 radical (unpaired) electrons. The summed E-state index contributed by atoms with van der Waals surface area (Å²) in [6.07, 6.45) is 2.33. The second-order valence-corrected chi connectivity index (χ2v) is 4.90. The van der Waals surface area contributed by atoms with E-state index in [9.17, 15) is 4.79 Å². The first-order valence-corrected chi connectivity index (χ1v) is 6.42. The third kappa shape index (κ3) is 2.41. The standard InChI is InChI=1S/C14H16N2O3/c1-8(14(17)18-2)15-10-5-6-12-11(7-10)16-13(19-12)9-3-4-9/h5-9,15H,3-4H2,1-2H3. The van der Waals surface area contributed by atoms with E-state index in [1.807, 2.05) is 18.2 Å². The second-order valence-electron chi connectivity index (χ2n) is 4.90. The highest BCUT2D eigenvalue weighted by Crippen LogP contribution is 2.40.